The smallest absolute Gasteiger partial charge is 0.273 e. The number of nitrogens with zero attached hydrogens (tertiary/aromatic N) is 3. The van der Waals surface area contributed by atoms with Crippen molar-refractivity contribution in [2.45, 2.75) is 12.5 Å². The van der Waals surface area contributed by atoms with Crippen LogP contribution in [0.4, 0.5) is 15.9 Å². The van der Waals surface area contributed by atoms with Crippen LogP contribution in [0, 0.1) is 5.82 Å². The molecule has 25 heavy (non-hydrogen) atoms. The lowest BCUT2D eigenvalue weighted by molar-refractivity contribution is -0.119. The number of primary amides is 1. The third kappa shape index (κ3) is 3.39. The molecule has 2 heterocycles. The van der Waals surface area contributed by atoms with Crippen LogP contribution in [0.25, 0.3) is 0 Å². The van der Waals surface area contributed by atoms with Gasteiger partial charge in [0.15, 0.2) is 11.6 Å². The lowest BCUT2D eigenvalue weighted by atomic mass is 10.1. The second-order valence-corrected chi connectivity index (χ2v) is 5.32. The number of halogens is 1. The van der Waals surface area contributed by atoms with E-state index in [2.05, 4.69) is 15.4 Å². The summed E-state index contributed by atoms with van der Waals surface area (Å²) in [5.74, 6) is -1.95. The maximum absolute atomic E-state index is 13.1. The number of hydrogen-bond acceptors (Lipinski definition) is 6. The number of aromatic hydroxyl groups is 1. The molecule has 1 atom stereocenters. The molecule has 0 radical (unpaired) electrons. The fourth-order valence-electron chi connectivity index (χ4n) is 2.37. The molecule has 128 valence electrons. The van der Waals surface area contributed by atoms with Gasteiger partial charge in [0, 0.05) is 12.6 Å². The molecule has 0 spiro atoms. The quantitative estimate of drug-likeness (QED) is 0.764. The predicted molar refractivity (Wildman–Crippen MR) is 88.4 cm³/mol. The number of carbonyl (C=O) groups is 2. The zero-order chi connectivity index (χ0) is 18.0. The predicted octanol–water partition coefficient (Wildman–Crippen LogP) is 0.985. The number of pyridine rings is 1. The van der Waals surface area contributed by atoms with Gasteiger partial charge in [0.05, 0.1) is 5.69 Å². The van der Waals surface area contributed by atoms with Crippen molar-refractivity contribution in [1.82, 2.24) is 4.98 Å². The van der Waals surface area contributed by atoms with Crippen LogP contribution < -0.4 is 16.1 Å². The Hall–Kier alpha value is -3.49. The first kappa shape index (κ1) is 16.4. The minimum absolute atomic E-state index is 0.0217. The summed E-state index contributed by atoms with van der Waals surface area (Å²) in [5.41, 5.74) is 5.85. The van der Waals surface area contributed by atoms with Crippen molar-refractivity contribution in [2.75, 3.05) is 10.3 Å². The van der Waals surface area contributed by atoms with E-state index < -0.39 is 23.7 Å². The third-order valence-electron chi connectivity index (χ3n) is 3.61. The largest absolute Gasteiger partial charge is 0.504 e. The summed E-state index contributed by atoms with van der Waals surface area (Å²) < 4.78 is 13.1. The highest BCUT2D eigenvalue weighted by molar-refractivity contribution is 6.44. The van der Waals surface area contributed by atoms with Crippen LogP contribution in [0.5, 0.6) is 5.75 Å². The number of nitrogens with two attached hydrogens (primary N) is 1. The Bertz CT molecular complexity index is 853. The van der Waals surface area contributed by atoms with E-state index in [0.717, 1.165) is 0 Å². The summed E-state index contributed by atoms with van der Waals surface area (Å²) in [6, 6.07) is 7.30. The van der Waals surface area contributed by atoms with E-state index in [9.17, 15) is 19.1 Å². The fourth-order valence-corrected chi connectivity index (χ4v) is 2.37. The molecule has 0 saturated carbocycles. The number of aromatic nitrogens is 1. The number of hydrazone groups is 1. The number of anilines is 2. The summed E-state index contributed by atoms with van der Waals surface area (Å²) in [6.07, 6.45) is 1.38. The Morgan fingerprint density at radius 3 is 2.64 bits per heavy atom. The second-order valence-electron chi connectivity index (χ2n) is 5.32. The van der Waals surface area contributed by atoms with Gasteiger partial charge in [0.1, 0.15) is 17.6 Å². The highest BCUT2D eigenvalue weighted by atomic mass is 19.1. The molecular formula is C16H14FN5O3. The Morgan fingerprint density at radius 2 is 2.00 bits per heavy atom. The second kappa shape index (κ2) is 6.56. The number of amides is 2. The minimum atomic E-state index is -0.872. The molecule has 1 aliphatic heterocycles. The van der Waals surface area contributed by atoms with Gasteiger partial charge in [-0.15, -0.1) is 0 Å². The van der Waals surface area contributed by atoms with Crippen LogP contribution in [-0.2, 0) is 9.59 Å². The van der Waals surface area contributed by atoms with E-state index in [0.29, 0.717) is 5.69 Å². The van der Waals surface area contributed by atoms with E-state index in [1.54, 1.807) is 0 Å². The molecule has 1 aromatic heterocycles. The molecule has 8 nitrogen and oxygen atoms in total. The fraction of sp³-hybridized carbons (Fsp3) is 0.125. The molecule has 0 saturated heterocycles. The number of rotatable bonds is 4. The molecule has 9 heteroatoms. The standard InChI is InChI=1S/C16H14FN5O3/c17-9-3-5-10(6-4-9)22-12(14(18)24)8-11(21-22)16(25)20-15-13(23)2-1-7-19-15/h1-7,12,23H,8H2,(H2,18,24)(H,19,20,25)/t12-/m0/s1. The van der Waals surface area contributed by atoms with Crippen molar-refractivity contribution in [3.63, 3.8) is 0 Å². The van der Waals surface area contributed by atoms with Gasteiger partial charge in [0.2, 0.25) is 5.91 Å². The Balaban J connectivity index is 1.85. The number of nitrogens with one attached hydrogen (secondary N) is 1. The van der Waals surface area contributed by atoms with Gasteiger partial charge in [0.25, 0.3) is 5.91 Å². The first-order chi connectivity index (χ1) is 12.0. The van der Waals surface area contributed by atoms with Crippen molar-refractivity contribution in [3.05, 3.63) is 48.4 Å². The van der Waals surface area contributed by atoms with E-state index in [1.807, 2.05) is 0 Å². The van der Waals surface area contributed by atoms with Gasteiger partial charge in [-0.25, -0.2) is 9.37 Å². The zero-order valence-corrected chi connectivity index (χ0v) is 12.9. The first-order valence-corrected chi connectivity index (χ1v) is 7.32. The summed E-state index contributed by atoms with van der Waals surface area (Å²) in [7, 11) is 0. The molecule has 0 fully saturated rings. The van der Waals surface area contributed by atoms with Gasteiger partial charge in [-0.2, -0.15) is 5.10 Å². The molecule has 4 N–H and O–H groups in total. The van der Waals surface area contributed by atoms with Gasteiger partial charge < -0.3 is 16.2 Å². The average molecular weight is 343 g/mol. The molecule has 2 aromatic rings. The van der Waals surface area contributed by atoms with Crippen molar-refractivity contribution in [2.24, 2.45) is 10.8 Å². The summed E-state index contributed by atoms with van der Waals surface area (Å²) in [4.78, 5) is 27.9. The monoisotopic (exact) mass is 343 g/mol. The Morgan fingerprint density at radius 1 is 1.28 bits per heavy atom. The van der Waals surface area contributed by atoms with E-state index in [-0.39, 0.29) is 23.7 Å². The molecule has 1 aliphatic rings. The average Bonchev–Trinajstić information content (AvgIpc) is 3.03. The molecule has 0 bridgehead atoms. The molecular weight excluding hydrogens is 329 g/mol. The van der Waals surface area contributed by atoms with Gasteiger partial charge in [-0.1, -0.05) is 0 Å². The van der Waals surface area contributed by atoms with Crippen LogP contribution in [0.3, 0.4) is 0 Å². The zero-order valence-electron chi connectivity index (χ0n) is 12.9. The van der Waals surface area contributed by atoms with Crippen molar-refractivity contribution < 1.29 is 19.1 Å². The van der Waals surface area contributed by atoms with E-state index in [4.69, 9.17) is 5.73 Å². The van der Waals surface area contributed by atoms with Crippen molar-refractivity contribution in [1.29, 1.82) is 0 Å². The van der Waals surface area contributed by atoms with E-state index in [1.165, 1.54) is 47.6 Å². The molecule has 3 rings (SSSR count). The summed E-state index contributed by atoms with van der Waals surface area (Å²) in [6.45, 7) is 0. The van der Waals surface area contributed by atoms with E-state index >= 15 is 0 Å². The third-order valence-corrected chi connectivity index (χ3v) is 3.61. The highest BCUT2D eigenvalue weighted by Gasteiger charge is 2.35. The maximum atomic E-state index is 13.1. The summed E-state index contributed by atoms with van der Waals surface area (Å²) in [5, 5.41) is 17.5. The molecule has 2 amide bonds. The summed E-state index contributed by atoms with van der Waals surface area (Å²) >= 11 is 0. The van der Waals surface area contributed by atoms with Crippen LogP contribution >= 0.6 is 0 Å². The van der Waals surface area contributed by atoms with Gasteiger partial charge in [-0.3, -0.25) is 14.6 Å². The SMILES string of the molecule is NC(=O)[C@@H]1CC(C(=O)Nc2ncccc2O)=NN1c1ccc(F)cc1. The molecule has 0 aliphatic carbocycles. The number of benzene rings is 1. The van der Waals surface area contributed by atoms with Crippen LogP contribution in [-0.4, -0.2) is 33.7 Å². The van der Waals surface area contributed by atoms with Crippen LogP contribution in [0.1, 0.15) is 6.42 Å². The normalized spacial score (nSPS) is 16.4. The minimum Gasteiger partial charge on any atom is -0.504 e. The Labute approximate surface area is 141 Å². The lowest BCUT2D eigenvalue weighted by Gasteiger charge is -2.20. The van der Waals surface area contributed by atoms with Gasteiger partial charge in [-0.05, 0) is 36.4 Å². The highest BCUT2D eigenvalue weighted by Crippen LogP contribution is 2.26. The number of carbonyl (C=O) groups excluding carboxylic acids is 2. The maximum Gasteiger partial charge on any atom is 0.273 e. The van der Waals surface area contributed by atoms with Crippen LogP contribution in [0.2, 0.25) is 0 Å². The van der Waals surface area contributed by atoms with Gasteiger partial charge >= 0.3 is 0 Å². The lowest BCUT2D eigenvalue weighted by Crippen LogP contribution is -2.39. The Kier molecular flexibility index (Phi) is 4.29. The van der Waals surface area contributed by atoms with Crippen molar-refractivity contribution in [3.8, 4) is 5.75 Å². The van der Waals surface area contributed by atoms with Crippen molar-refractivity contribution >= 4 is 29.0 Å². The van der Waals surface area contributed by atoms with Crippen LogP contribution in [0.15, 0.2) is 47.7 Å². The topological polar surface area (TPSA) is 121 Å². The number of hydrogen-bond donors (Lipinski definition) is 3. The first-order valence-electron chi connectivity index (χ1n) is 7.32. The molecule has 1 aromatic carbocycles. The molecule has 0 unspecified atom stereocenters.